The van der Waals surface area contributed by atoms with Crippen molar-refractivity contribution in [2.45, 2.75) is 120 Å². The van der Waals surface area contributed by atoms with Gasteiger partial charge in [0, 0.05) is 17.7 Å². The lowest BCUT2D eigenvalue weighted by molar-refractivity contribution is -0.222. The first-order chi connectivity index (χ1) is 28.4. The summed E-state index contributed by atoms with van der Waals surface area (Å²) in [7, 11) is -4.53. The highest BCUT2D eigenvalue weighted by Crippen LogP contribution is 2.49. The van der Waals surface area contributed by atoms with E-state index in [1.807, 2.05) is 4.72 Å². The summed E-state index contributed by atoms with van der Waals surface area (Å²) >= 11 is 13.4. The number of amides is 4. The Labute approximate surface area is 360 Å². The summed E-state index contributed by atoms with van der Waals surface area (Å²) in [6.45, 7) is 4.98. The highest BCUT2D eigenvalue weighted by Gasteiger charge is 2.64. The Morgan fingerprint density at radius 3 is 2.44 bits per heavy atom. The first-order valence-electron chi connectivity index (χ1n) is 20.0. The van der Waals surface area contributed by atoms with E-state index in [0.717, 1.165) is 4.90 Å². The minimum absolute atomic E-state index is 0.00703. The van der Waals surface area contributed by atoms with Crippen LogP contribution in [-0.2, 0) is 24.4 Å². The maximum absolute atomic E-state index is 15.0. The fourth-order valence-corrected chi connectivity index (χ4v) is 10.4. The Bertz CT molecular complexity index is 2230. The molecular weight excluding hydrogens is 873 g/mol. The zero-order valence-corrected chi connectivity index (χ0v) is 36.5. The second-order valence-corrected chi connectivity index (χ2v) is 20.0. The lowest BCUT2D eigenvalue weighted by atomic mass is 9.85. The number of aromatic nitrogens is 1. The number of hydrogen-bond acceptors (Lipinski definition) is 9. The lowest BCUT2D eigenvalue weighted by Crippen LogP contribution is -2.66. The molecule has 0 radical (unpaired) electrons. The number of fused-ring (bicyclic) bond motifs is 3. The van der Waals surface area contributed by atoms with Crippen molar-refractivity contribution in [3.8, 4) is 11.5 Å². The molecule has 4 aliphatic rings. The molecule has 1 aromatic heterocycles. The number of ether oxygens (including phenoxy) is 2. The summed E-state index contributed by atoms with van der Waals surface area (Å²) in [6.07, 6.45) is -4.47. The number of pyridine rings is 1. The Hall–Kier alpha value is -4.10. The molecule has 1 aromatic carbocycles. The molecule has 0 spiro atoms. The summed E-state index contributed by atoms with van der Waals surface area (Å²) in [5.41, 5.74) is -4.59. The number of nitrogens with one attached hydrogen (secondary N) is 2. The molecule has 2 aromatic rings. The van der Waals surface area contributed by atoms with Crippen molar-refractivity contribution < 1.29 is 59.7 Å². The van der Waals surface area contributed by atoms with Crippen LogP contribution < -0.4 is 19.5 Å². The largest absolute Gasteiger partial charge is 0.494 e. The van der Waals surface area contributed by atoms with E-state index in [1.54, 1.807) is 44.2 Å². The molecular formula is C40H49Cl2F4N5O9S. The topological polar surface area (TPSA) is 185 Å². The first kappa shape index (κ1) is 46.4. The van der Waals surface area contributed by atoms with E-state index in [2.05, 4.69) is 10.3 Å². The molecule has 2 aliphatic carbocycles. The third kappa shape index (κ3) is 8.79. The van der Waals surface area contributed by atoms with Crippen molar-refractivity contribution in [3.05, 3.63) is 40.5 Å². The van der Waals surface area contributed by atoms with Crippen LogP contribution in [0.2, 0.25) is 10.2 Å². The second kappa shape index (κ2) is 16.9. The van der Waals surface area contributed by atoms with Gasteiger partial charge in [-0.2, -0.15) is 13.2 Å². The summed E-state index contributed by atoms with van der Waals surface area (Å²) < 4.78 is 96.5. The first-order valence-corrected chi connectivity index (χ1v) is 22.3. The maximum atomic E-state index is 15.0. The molecule has 21 heteroatoms. The second-order valence-electron chi connectivity index (χ2n) is 17.1. The monoisotopic (exact) mass is 921 g/mol. The van der Waals surface area contributed by atoms with Crippen LogP contribution in [0.15, 0.2) is 30.4 Å². The van der Waals surface area contributed by atoms with Crippen LogP contribution in [0.3, 0.4) is 0 Å². The third-order valence-electron chi connectivity index (χ3n) is 12.4. The molecule has 7 atom stereocenters. The van der Waals surface area contributed by atoms with E-state index in [-0.39, 0.29) is 58.8 Å². The molecule has 2 saturated carbocycles. The van der Waals surface area contributed by atoms with E-state index in [0.29, 0.717) is 49.9 Å². The summed E-state index contributed by atoms with van der Waals surface area (Å²) in [5, 5.41) is 13.3. The molecule has 0 bridgehead atoms. The van der Waals surface area contributed by atoms with E-state index in [4.69, 9.17) is 32.7 Å². The van der Waals surface area contributed by atoms with Gasteiger partial charge in [-0.3, -0.25) is 24.0 Å². The number of benzene rings is 1. The van der Waals surface area contributed by atoms with Crippen molar-refractivity contribution in [1.82, 2.24) is 24.8 Å². The average molecular weight is 923 g/mol. The highest BCUT2D eigenvalue weighted by molar-refractivity contribution is 7.91. The normalized spacial score (nSPS) is 28.7. The summed E-state index contributed by atoms with van der Waals surface area (Å²) in [6, 6.07) is 1.29. The van der Waals surface area contributed by atoms with Gasteiger partial charge in [0.2, 0.25) is 21.8 Å². The predicted molar refractivity (Wildman–Crippen MR) is 217 cm³/mol. The third-order valence-corrected chi connectivity index (χ3v) is 15.2. The number of sulfonamides is 1. The van der Waals surface area contributed by atoms with Gasteiger partial charge in [0.15, 0.2) is 10.9 Å². The maximum Gasteiger partial charge on any atom is 0.411 e. The Morgan fingerprint density at radius 2 is 1.84 bits per heavy atom. The van der Waals surface area contributed by atoms with Crippen molar-refractivity contribution in [3.63, 3.8) is 0 Å². The van der Waals surface area contributed by atoms with E-state index >= 15 is 4.79 Å². The molecule has 1 saturated heterocycles. The number of hydrogen-bond donors (Lipinski definition) is 3. The van der Waals surface area contributed by atoms with E-state index in [1.165, 1.54) is 6.92 Å². The zero-order chi connectivity index (χ0) is 45.0. The molecule has 2 aliphatic heterocycles. The number of carboxylic acid groups (broad SMARTS) is 1. The minimum Gasteiger partial charge on any atom is -0.494 e. The fourth-order valence-electron chi connectivity index (χ4n) is 8.42. The van der Waals surface area contributed by atoms with Gasteiger partial charge in [0.1, 0.15) is 46.4 Å². The summed E-state index contributed by atoms with van der Waals surface area (Å²) in [4.78, 5) is 61.9. The van der Waals surface area contributed by atoms with Gasteiger partial charge in [-0.1, -0.05) is 49.2 Å². The average Bonchev–Trinajstić information content (AvgIpc) is 4.07. The van der Waals surface area contributed by atoms with Gasteiger partial charge in [-0.25, -0.2) is 22.6 Å². The van der Waals surface area contributed by atoms with Gasteiger partial charge in [0.25, 0.3) is 5.91 Å². The number of nitrogens with zero attached hydrogens (tertiary/aromatic N) is 3. The van der Waals surface area contributed by atoms with Crippen LogP contribution >= 0.6 is 23.2 Å². The van der Waals surface area contributed by atoms with Crippen LogP contribution in [0, 0.1) is 17.8 Å². The number of carbonyl (C=O) groups is 4. The predicted octanol–water partition coefficient (Wildman–Crippen LogP) is 6.81. The molecule has 336 valence electrons. The van der Waals surface area contributed by atoms with Crippen molar-refractivity contribution >= 4 is 67.9 Å². The highest BCUT2D eigenvalue weighted by atomic mass is 35.5. The number of carbonyl (C=O) groups excluding carboxylic acids is 3. The fraction of sp³-hybridized carbons (Fsp3) is 0.625. The standard InChI is InChI=1S/C40H49Cl2F4N5O9S/c1-6-59-24-11-12-27-26(16-24)29(41)31(32(42)47-27)60-25-17-28-33(52)48-39(35(54)49-61(57,58)38(20-43)13-14-38)18-23(39)10-8-7-9-21(2)15-22(3)30(34(53)50(28)19-25)51(36(55)56)37(4,5)40(44,45)46/h8,10-12,16,21-23,25,28,30H,6-7,9,13-15,17-20H2,1-5H3,(H,48,52)(H,49,54)(H,55,56)/b10-8-/t21-,22-,23-,25-,28+,30+,39-/m1/s1. The van der Waals surface area contributed by atoms with Crippen LogP contribution in [0.4, 0.5) is 22.4 Å². The van der Waals surface area contributed by atoms with E-state index < -0.39 is 99.1 Å². The number of rotatable bonds is 10. The molecule has 6 rings (SSSR count). The molecule has 14 nitrogen and oxygen atoms in total. The number of halogens is 6. The quantitative estimate of drug-likeness (QED) is 0.130. The van der Waals surface area contributed by atoms with Crippen LogP contribution in [-0.4, -0.2) is 112 Å². The molecule has 4 amide bonds. The lowest BCUT2D eigenvalue weighted by Gasteiger charge is -2.45. The molecule has 3 N–H and O–H groups in total. The van der Waals surface area contributed by atoms with Crippen molar-refractivity contribution in [2.75, 3.05) is 19.8 Å². The number of allylic oxidation sites excluding steroid dienone is 1. The van der Waals surface area contributed by atoms with Gasteiger partial charge in [-0.15, -0.1) is 0 Å². The van der Waals surface area contributed by atoms with Crippen molar-refractivity contribution in [2.24, 2.45) is 17.8 Å². The van der Waals surface area contributed by atoms with Crippen LogP contribution in [0.5, 0.6) is 11.5 Å². The Balaban J connectivity index is 1.43. The van der Waals surface area contributed by atoms with Crippen LogP contribution in [0.1, 0.15) is 79.6 Å². The Kier molecular flexibility index (Phi) is 12.8. The minimum atomic E-state index is -5.15. The molecule has 0 unspecified atom stereocenters. The van der Waals surface area contributed by atoms with Gasteiger partial charge < -0.3 is 24.8 Å². The van der Waals surface area contributed by atoms with Gasteiger partial charge in [0.05, 0.1) is 23.7 Å². The molecule has 3 heterocycles. The molecule has 3 fully saturated rings. The Morgan fingerprint density at radius 1 is 1.15 bits per heavy atom. The number of alkyl halides is 4. The van der Waals surface area contributed by atoms with Gasteiger partial charge in [-0.05, 0) is 89.3 Å². The summed E-state index contributed by atoms with van der Waals surface area (Å²) in [5.74, 6) is -4.96. The smallest absolute Gasteiger partial charge is 0.411 e. The van der Waals surface area contributed by atoms with Gasteiger partial charge >= 0.3 is 12.3 Å². The molecule has 61 heavy (non-hydrogen) atoms. The zero-order valence-electron chi connectivity index (χ0n) is 34.2. The van der Waals surface area contributed by atoms with Crippen molar-refractivity contribution in [1.29, 1.82) is 0 Å². The van der Waals surface area contributed by atoms with E-state index in [9.17, 15) is 45.5 Å². The van der Waals surface area contributed by atoms with Crippen LogP contribution in [0.25, 0.3) is 10.9 Å². The SMILES string of the molecule is CCOc1ccc2nc(Cl)c(O[C@@H]3C[C@H]4C(=O)N[C@]5(C(=O)NS(=O)(=O)C6(CF)CC6)C[C@H]5/C=C\CC[C@@H](C)C[C@@H](C)[C@H](N(C(=O)O)C(C)(C)C(F)(F)F)C(=O)N4C3)c(Cl)c2c1.